The third kappa shape index (κ3) is 8.19. The van der Waals surface area contributed by atoms with Gasteiger partial charge in [0.05, 0.1) is 18.8 Å². The highest BCUT2D eigenvalue weighted by molar-refractivity contribution is 5.74. The summed E-state index contributed by atoms with van der Waals surface area (Å²) in [6.45, 7) is 6.15. The molecule has 3 atom stereocenters. The maximum Gasteiger partial charge on any atom is 0.315 e. The minimum absolute atomic E-state index is 0.0343. The summed E-state index contributed by atoms with van der Waals surface area (Å²) >= 11 is 0. The topological polar surface area (TPSA) is 83.1 Å². The van der Waals surface area contributed by atoms with Crippen LogP contribution >= 0.6 is 0 Å². The Morgan fingerprint density at radius 3 is 2.26 bits per heavy atom. The molecule has 2 heterocycles. The lowest BCUT2D eigenvalue weighted by Crippen LogP contribution is -2.40. The summed E-state index contributed by atoms with van der Waals surface area (Å²) in [6, 6.07) is 24.5. The van der Waals surface area contributed by atoms with E-state index in [-0.39, 0.29) is 24.8 Å². The van der Waals surface area contributed by atoms with Crippen LogP contribution in [0.15, 0.2) is 72.8 Å². The van der Waals surface area contributed by atoms with Gasteiger partial charge in [0.2, 0.25) is 0 Å². The minimum atomic E-state index is -0.468. The number of hydrogen-bond acceptors (Lipinski definition) is 5. The molecule has 0 radical (unpaired) electrons. The molecule has 0 aromatic heterocycles. The number of nitrogens with one attached hydrogen (secondary N) is 2. The zero-order valence-electron chi connectivity index (χ0n) is 24.8. The Hall–Kier alpha value is -3.23. The summed E-state index contributed by atoms with van der Waals surface area (Å²) in [5, 5.41) is 15.2. The van der Waals surface area contributed by atoms with Crippen LogP contribution in [-0.2, 0) is 22.6 Å². The van der Waals surface area contributed by atoms with E-state index in [2.05, 4.69) is 58.0 Å². The maximum atomic E-state index is 12.0. The maximum absolute atomic E-state index is 12.0. The van der Waals surface area contributed by atoms with E-state index in [4.69, 9.17) is 9.47 Å². The number of carbonyl (C=O) groups is 1. The molecular formula is C35H45N3O4. The predicted octanol–water partition coefficient (Wildman–Crippen LogP) is 6.48. The number of aliphatic hydroxyl groups is 1. The van der Waals surface area contributed by atoms with Gasteiger partial charge in [0.25, 0.3) is 0 Å². The van der Waals surface area contributed by atoms with Gasteiger partial charge in [-0.25, -0.2) is 4.79 Å². The van der Waals surface area contributed by atoms with E-state index in [1.54, 1.807) is 0 Å². The summed E-state index contributed by atoms with van der Waals surface area (Å²) in [5.41, 5.74) is 6.23. The van der Waals surface area contributed by atoms with Gasteiger partial charge in [-0.15, -0.1) is 0 Å². The van der Waals surface area contributed by atoms with Crippen LogP contribution < -0.4 is 10.6 Å². The van der Waals surface area contributed by atoms with Crippen molar-refractivity contribution in [1.29, 1.82) is 0 Å². The highest BCUT2D eigenvalue weighted by atomic mass is 16.7. The number of likely N-dealkylation sites (tertiary alicyclic amines) is 1. The smallest absolute Gasteiger partial charge is 0.315 e. The van der Waals surface area contributed by atoms with Gasteiger partial charge in [-0.3, -0.25) is 0 Å². The van der Waals surface area contributed by atoms with Gasteiger partial charge in [-0.2, -0.15) is 0 Å². The summed E-state index contributed by atoms with van der Waals surface area (Å²) < 4.78 is 13.2. The monoisotopic (exact) mass is 571 g/mol. The molecule has 0 bridgehead atoms. The molecule has 224 valence electrons. The molecule has 2 saturated heterocycles. The SMILES string of the molecule is CCNC(=O)NCc1ccccc1-c1ccc(C2OC(CN3CCCCCCC3)CC(c3ccc(CO)cc3)O2)cc1. The molecule has 2 fully saturated rings. The molecule has 2 aliphatic rings. The first kappa shape index (κ1) is 30.2. The van der Waals surface area contributed by atoms with Crippen molar-refractivity contribution in [2.24, 2.45) is 0 Å². The van der Waals surface area contributed by atoms with Crippen LogP contribution in [0.3, 0.4) is 0 Å². The van der Waals surface area contributed by atoms with Crippen molar-refractivity contribution in [2.45, 2.75) is 77.1 Å². The number of amides is 2. The molecule has 2 aliphatic heterocycles. The first-order valence-corrected chi connectivity index (χ1v) is 15.6. The van der Waals surface area contributed by atoms with Crippen LogP contribution in [0.5, 0.6) is 0 Å². The average molecular weight is 572 g/mol. The van der Waals surface area contributed by atoms with Crippen LogP contribution in [-0.4, -0.2) is 48.3 Å². The molecule has 5 rings (SSSR count). The van der Waals surface area contributed by atoms with E-state index in [0.29, 0.717) is 13.1 Å². The van der Waals surface area contributed by atoms with E-state index in [1.165, 1.54) is 32.1 Å². The van der Waals surface area contributed by atoms with Crippen LogP contribution in [0, 0.1) is 0 Å². The molecule has 0 spiro atoms. The number of hydrogen-bond donors (Lipinski definition) is 3. The minimum Gasteiger partial charge on any atom is -0.392 e. The summed E-state index contributed by atoms with van der Waals surface area (Å²) in [4.78, 5) is 14.5. The number of nitrogens with zero attached hydrogens (tertiary/aromatic N) is 1. The second-order valence-corrected chi connectivity index (χ2v) is 11.4. The largest absolute Gasteiger partial charge is 0.392 e. The van der Waals surface area contributed by atoms with Crippen LogP contribution in [0.2, 0.25) is 0 Å². The first-order chi connectivity index (χ1) is 20.6. The van der Waals surface area contributed by atoms with E-state index >= 15 is 0 Å². The van der Waals surface area contributed by atoms with Crippen molar-refractivity contribution < 1.29 is 19.4 Å². The standard InChI is InChI=1S/C35H45N3O4/c1-2-36-35(40)37-23-30-10-6-7-11-32(30)27-16-18-29(19-17-27)34-41-31(24-38-20-8-4-3-5-9-21-38)22-33(42-34)28-14-12-26(25-39)13-15-28/h6-7,10-19,31,33-34,39H,2-5,8-9,20-25H2,1H3,(H2,36,37,40). The summed E-state index contributed by atoms with van der Waals surface area (Å²) in [7, 11) is 0. The summed E-state index contributed by atoms with van der Waals surface area (Å²) in [6.07, 6.45) is 6.78. The fraction of sp³-hybridized carbons (Fsp3) is 0.457. The Labute approximate surface area is 250 Å². The third-order valence-corrected chi connectivity index (χ3v) is 8.31. The highest BCUT2D eigenvalue weighted by Gasteiger charge is 2.33. The molecule has 0 saturated carbocycles. The summed E-state index contributed by atoms with van der Waals surface area (Å²) in [5.74, 6) is 0. The van der Waals surface area contributed by atoms with Crippen molar-refractivity contribution in [3.05, 3.63) is 95.1 Å². The van der Waals surface area contributed by atoms with Crippen LogP contribution in [0.25, 0.3) is 11.1 Å². The van der Waals surface area contributed by atoms with Gasteiger partial charge < -0.3 is 30.1 Å². The number of urea groups is 1. The molecule has 42 heavy (non-hydrogen) atoms. The quantitative estimate of drug-likeness (QED) is 0.274. The molecule has 0 aliphatic carbocycles. The lowest BCUT2D eigenvalue weighted by atomic mass is 9.97. The third-order valence-electron chi connectivity index (χ3n) is 8.31. The van der Waals surface area contributed by atoms with Gasteiger partial charge in [0.15, 0.2) is 6.29 Å². The van der Waals surface area contributed by atoms with Crippen molar-refractivity contribution in [1.82, 2.24) is 15.5 Å². The van der Waals surface area contributed by atoms with E-state index < -0.39 is 6.29 Å². The second kappa shape index (κ2) is 15.3. The van der Waals surface area contributed by atoms with Gasteiger partial charge in [0.1, 0.15) is 0 Å². The second-order valence-electron chi connectivity index (χ2n) is 11.4. The number of carbonyl (C=O) groups excluding carboxylic acids is 1. The zero-order valence-corrected chi connectivity index (χ0v) is 24.8. The molecule has 7 nitrogen and oxygen atoms in total. The fourth-order valence-electron chi connectivity index (χ4n) is 5.99. The van der Waals surface area contributed by atoms with Crippen molar-refractivity contribution in [2.75, 3.05) is 26.2 Å². The van der Waals surface area contributed by atoms with Crippen molar-refractivity contribution >= 4 is 6.03 Å². The van der Waals surface area contributed by atoms with E-state index in [0.717, 1.165) is 59.4 Å². The van der Waals surface area contributed by atoms with Gasteiger partial charge in [-0.1, -0.05) is 92.1 Å². The van der Waals surface area contributed by atoms with E-state index in [1.807, 2.05) is 37.3 Å². The van der Waals surface area contributed by atoms with Crippen molar-refractivity contribution in [3.8, 4) is 11.1 Å². The van der Waals surface area contributed by atoms with Crippen LogP contribution in [0.4, 0.5) is 4.79 Å². The van der Waals surface area contributed by atoms with Crippen molar-refractivity contribution in [3.63, 3.8) is 0 Å². The number of benzene rings is 3. The molecule has 3 aromatic rings. The Bertz CT molecular complexity index is 1260. The average Bonchev–Trinajstić information content (AvgIpc) is 3.01. The fourth-order valence-corrected chi connectivity index (χ4v) is 5.99. The zero-order chi connectivity index (χ0) is 29.1. The normalized spacial score (nSPS) is 21.7. The number of aliphatic hydroxyl groups excluding tert-OH is 1. The molecule has 3 unspecified atom stereocenters. The number of ether oxygens (including phenoxy) is 2. The predicted molar refractivity (Wildman–Crippen MR) is 166 cm³/mol. The van der Waals surface area contributed by atoms with Crippen LogP contribution in [0.1, 0.15) is 80.1 Å². The Balaban J connectivity index is 1.33. The molecule has 3 N–H and O–H groups in total. The lowest BCUT2D eigenvalue weighted by molar-refractivity contribution is -0.253. The van der Waals surface area contributed by atoms with Gasteiger partial charge in [-0.05, 0) is 60.7 Å². The molecule has 3 aromatic carbocycles. The van der Waals surface area contributed by atoms with Gasteiger partial charge >= 0.3 is 6.03 Å². The highest BCUT2D eigenvalue weighted by Crippen LogP contribution is 2.39. The molecule has 7 heteroatoms. The molecule has 2 amide bonds. The Morgan fingerprint density at radius 2 is 1.55 bits per heavy atom. The van der Waals surface area contributed by atoms with E-state index in [9.17, 15) is 9.90 Å². The Morgan fingerprint density at radius 1 is 0.857 bits per heavy atom. The van der Waals surface area contributed by atoms with Gasteiger partial charge in [0, 0.05) is 31.6 Å². The molecular weight excluding hydrogens is 526 g/mol. The lowest BCUT2D eigenvalue weighted by Gasteiger charge is -2.39. The number of rotatable bonds is 9. The Kier molecular flexibility index (Phi) is 11.0. The first-order valence-electron chi connectivity index (χ1n) is 15.6.